The number of likely N-dealkylation sites (N-methyl/N-ethyl adjacent to an activating group) is 1. The first-order valence-electron chi connectivity index (χ1n) is 9.21. The van der Waals surface area contributed by atoms with E-state index in [2.05, 4.69) is 33.7 Å². The maximum absolute atomic E-state index is 12.7. The molecular formula is C20H27N5O. The first-order valence-corrected chi connectivity index (χ1v) is 9.21. The van der Waals surface area contributed by atoms with Gasteiger partial charge in [0.1, 0.15) is 5.82 Å². The molecule has 0 bridgehead atoms. The van der Waals surface area contributed by atoms with Gasteiger partial charge in [0.15, 0.2) is 0 Å². The van der Waals surface area contributed by atoms with E-state index < -0.39 is 0 Å². The Morgan fingerprint density at radius 3 is 2.58 bits per heavy atom. The summed E-state index contributed by atoms with van der Waals surface area (Å²) in [7, 11) is 1.89. The molecule has 1 aliphatic rings. The first kappa shape index (κ1) is 18.5. The van der Waals surface area contributed by atoms with E-state index in [4.69, 9.17) is 0 Å². The molecule has 3 rings (SSSR count). The Morgan fingerprint density at radius 2 is 1.92 bits per heavy atom. The van der Waals surface area contributed by atoms with Crippen LogP contribution in [0.15, 0.2) is 36.8 Å². The van der Waals surface area contributed by atoms with Crippen molar-refractivity contribution in [3.8, 4) is 0 Å². The molecule has 1 saturated heterocycles. The number of pyridine rings is 1. The van der Waals surface area contributed by atoms with E-state index in [1.54, 1.807) is 6.20 Å². The summed E-state index contributed by atoms with van der Waals surface area (Å²) >= 11 is 0. The number of rotatable bonds is 5. The molecule has 0 spiro atoms. The van der Waals surface area contributed by atoms with Crippen molar-refractivity contribution in [1.82, 2.24) is 24.8 Å². The van der Waals surface area contributed by atoms with Gasteiger partial charge in [0.25, 0.3) is 0 Å². The highest BCUT2D eigenvalue weighted by Gasteiger charge is 2.29. The number of carbonyl (C=O) groups excluding carboxylic acids is 1. The molecule has 26 heavy (non-hydrogen) atoms. The summed E-state index contributed by atoms with van der Waals surface area (Å²) in [4.78, 5) is 30.2. The van der Waals surface area contributed by atoms with Gasteiger partial charge >= 0.3 is 0 Å². The quantitative estimate of drug-likeness (QED) is 0.824. The molecule has 0 N–H and O–H groups in total. The van der Waals surface area contributed by atoms with Gasteiger partial charge in [0.2, 0.25) is 5.91 Å². The van der Waals surface area contributed by atoms with Crippen LogP contribution in [-0.2, 0) is 17.8 Å². The van der Waals surface area contributed by atoms with Gasteiger partial charge in [-0.3, -0.25) is 14.7 Å². The predicted molar refractivity (Wildman–Crippen MR) is 100 cm³/mol. The second-order valence-electron chi connectivity index (χ2n) is 7.32. The van der Waals surface area contributed by atoms with Crippen molar-refractivity contribution in [3.63, 3.8) is 0 Å². The number of aromatic nitrogens is 3. The fourth-order valence-corrected chi connectivity index (χ4v) is 3.26. The fourth-order valence-electron chi connectivity index (χ4n) is 3.26. The monoisotopic (exact) mass is 353 g/mol. The van der Waals surface area contributed by atoms with Crippen LogP contribution in [-0.4, -0.2) is 57.3 Å². The lowest BCUT2D eigenvalue weighted by Crippen LogP contribution is -2.34. The summed E-state index contributed by atoms with van der Waals surface area (Å²) in [5.74, 6) is 1.32. The minimum atomic E-state index is -0.0757. The van der Waals surface area contributed by atoms with Gasteiger partial charge in [-0.2, -0.15) is 0 Å². The molecule has 0 unspecified atom stereocenters. The van der Waals surface area contributed by atoms with Gasteiger partial charge in [0, 0.05) is 75.4 Å². The van der Waals surface area contributed by atoms with Crippen LogP contribution in [0.4, 0.5) is 0 Å². The van der Waals surface area contributed by atoms with Crippen LogP contribution in [0.25, 0.3) is 0 Å². The highest BCUT2D eigenvalue weighted by Crippen LogP contribution is 2.17. The normalized spacial score (nSPS) is 19.0. The maximum atomic E-state index is 12.7. The zero-order valence-corrected chi connectivity index (χ0v) is 15.8. The lowest BCUT2D eigenvalue weighted by molar-refractivity contribution is -0.133. The van der Waals surface area contributed by atoms with E-state index in [1.807, 2.05) is 42.5 Å². The van der Waals surface area contributed by atoms with Crippen molar-refractivity contribution in [2.45, 2.75) is 32.7 Å². The first-order chi connectivity index (χ1) is 12.5. The van der Waals surface area contributed by atoms with E-state index in [0.29, 0.717) is 12.3 Å². The van der Waals surface area contributed by atoms with Crippen molar-refractivity contribution in [2.24, 2.45) is 5.92 Å². The zero-order chi connectivity index (χ0) is 18.5. The standard InChI is InChI=1S/C20H27N5O/c1-15(2)19-22-11-16(12-23-19)13-25-9-8-24(3)20(26)17(14-25)10-18-6-4-5-7-21-18/h4-7,11-12,15,17H,8-10,13-14H2,1-3H3/t17-/m0/s1. The Morgan fingerprint density at radius 1 is 1.15 bits per heavy atom. The molecule has 2 aromatic heterocycles. The number of hydrogen-bond donors (Lipinski definition) is 0. The number of carbonyl (C=O) groups is 1. The average molecular weight is 353 g/mol. The Hall–Kier alpha value is -2.34. The molecule has 6 nitrogen and oxygen atoms in total. The summed E-state index contributed by atoms with van der Waals surface area (Å²) in [6.45, 7) is 7.26. The van der Waals surface area contributed by atoms with Crippen molar-refractivity contribution < 1.29 is 4.79 Å². The number of nitrogens with zero attached hydrogens (tertiary/aromatic N) is 5. The topological polar surface area (TPSA) is 62.2 Å². The summed E-state index contributed by atoms with van der Waals surface area (Å²) in [5.41, 5.74) is 2.05. The van der Waals surface area contributed by atoms with Crippen LogP contribution >= 0.6 is 0 Å². The van der Waals surface area contributed by atoms with Crippen LogP contribution in [0.2, 0.25) is 0 Å². The van der Waals surface area contributed by atoms with Crippen molar-refractivity contribution in [1.29, 1.82) is 0 Å². The predicted octanol–water partition coefficient (Wildman–Crippen LogP) is 2.13. The van der Waals surface area contributed by atoms with Gasteiger partial charge in [-0.15, -0.1) is 0 Å². The number of hydrogen-bond acceptors (Lipinski definition) is 5. The molecule has 1 atom stereocenters. The minimum absolute atomic E-state index is 0.0757. The third-order valence-corrected chi connectivity index (χ3v) is 4.79. The summed E-state index contributed by atoms with van der Waals surface area (Å²) in [5, 5.41) is 0. The molecule has 1 amide bonds. The summed E-state index contributed by atoms with van der Waals surface area (Å²) in [6.07, 6.45) is 6.27. The molecule has 0 aliphatic carbocycles. The molecule has 6 heteroatoms. The molecule has 1 fully saturated rings. The lowest BCUT2D eigenvalue weighted by Gasteiger charge is -2.22. The fraction of sp³-hybridized carbons (Fsp3) is 0.500. The van der Waals surface area contributed by atoms with E-state index in [-0.39, 0.29) is 11.8 Å². The van der Waals surface area contributed by atoms with Gasteiger partial charge in [0.05, 0.1) is 5.92 Å². The van der Waals surface area contributed by atoms with Crippen LogP contribution < -0.4 is 0 Å². The maximum Gasteiger partial charge on any atom is 0.227 e. The summed E-state index contributed by atoms with van der Waals surface area (Å²) in [6, 6.07) is 5.86. The van der Waals surface area contributed by atoms with Gasteiger partial charge in [-0.25, -0.2) is 9.97 Å². The van der Waals surface area contributed by atoms with Gasteiger partial charge in [-0.05, 0) is 12.1 Å². The van der Waals surface area contributed by atoms with Crippen LogP contribution in [0.1, 0.15) is 36.8 Å². The molecule has 0 aromatic carbocycles. The highest BCUT2D eigenvalue weighted by molar-refractivity contribution is 5.79. The molecule has 138 valence electrons. The van der Waals surface area contributed by atoms with Crippen molar-refractivity contribution in [2.75, 3.05) is 26.7 Å². The SMILES string of the molecule is CC(C)c1ncc(CN2CCN(C)C(=O)[C@@H](Cc3ccccn3)C2)cn1. The van der Waals surface area contributed by atoms with Crippen LogP contribution in [0.5, 0.6) is 0 Å². The largest absolute Gasteiger partial charge is 0.344 e. The minimum Gasteiger partial charge on any atom is -0.344 e. The van der Waals surface area contributed by atoms with E-state index in [1.165, 1.54) is 0 Å². The van der Waals surface area contributed by atoms with Crippen LogP contribution in [0.3, 0.4) is 0 Å². The lowest BCUT2D eigenvalue weighted by atomic mass is 10.0. The Balaban J connectivity index is 1.70. The zero-order valence-electron chi connectivity index (χ0n) is 15.8. The second kappa shape index (κ2) is 8.36. The Kier molecular flexibility index (Phi) is 5.93. The molecule has 2 aromatic rings. The Bertz CT molecular complexity index is 717. The molecule has 0 saturated carbocycles. The van der Waals surface area contributed by atoms with Gasteiger partial charge < -0.3 is 4.90 Å². The third-order valence-electron chi connectivity index (χ3n) is 4.79. The number of amides is 1. The van der Waals surface area contributed by atoms with E-state index in [9.17, 15) is 4.79 Å². The van der Waals surface area contributed by atoms with E-state index >= 15 is 0 Å². The van der Waals surface area contributed by atoms with Crippen LogP contribution in [0, 0.1) is 5.92 Å². The highest BCUT2D eigenvalue weighted by atomic mass is 16.2. The smallest absolute Gasteiger partial charge is 0.227 e. The molecular weight excluding hydrogens is 326 g/mol. The van der Waals surface area contributed by atoms with E-state index in [0.717, 1.165) is 43.3 Å². The second-order valence-corrected chi connectivity index (χ2v) is 7.32. The summed E-state index contributed by atoms with van der Waals surface area (Å²) < 4.78 is 0. The van der Waals surface area contributed by atoms with Gasteiger partial charge in [-0.1, -0.05) is 19.9 Å². The Labute approximate surface area is 155 Å². The van der Waals surface area contributed by atoms with Crippen molar-refractivity contribution >= 4 is 5.91 Å². The molecule has 0 radical (unpaired) electrons. The molecule has 3 heterocycles. The third kappa shape index (κ3) is 4.64. The molecule has 1 aliphatic heterocycles. The average Bonchev–Trinajstić information content (AvgIpc) is 2.77. The van der Waals surface area contributed by atoms with Crippen molar-refractivity contribution in [3.05, 3.63) is 53.9 Å².